The summed E-state index contributed by atoms with van der Waals surface area (Å²) in [4.78, 5) is 40.3. The van der Waals surface area contributed by atoms with Crippen molar-refractivity contribution in [1.29, 1.82) is 0 Å². The molecule has 4 aromatic carbocycles. The van der Waals surface area contributed by atoms with Gasteiger partial charge in [-0.15, -0.1) is 0 Å². The molecule has 8 bridgehead atoms. The van der Waals surface area contributed by atoms with Crippen LogP contribution in [0.2, 0.25) is 0 Å². The molecule has 60 heavy (non-hydrogen) atoms. The first kappa shape index (κ1) is 46.2. The van der Waals surface area contributed by atoms with Crippen molar-refractivity contribution in [3.8, 4) is 0 Å². The third-order valence-electron chi connectivity index (χ3n) is 9.30. The van der Waals surface area contributed by atoms with Gasteiger partial charge in [-0.05, 0) is 120 Å². The highest BCUT2D eigenvalue weighted by molar-refractivity contribution is 7.59. The van der Waals surface area contributed by atoms with E-state index in [0.29, 0.717) is 52.4 Å². The Hall–Kier alpha value is -4.88. The van der Waals surface area contributed by atoms with E-state index in [9.17, 15) is 0 Å². The third kappa shape index (κ3) is 14.7. The quantitative estimate of drug-likeness (QED) is 0.166. The number of benzene rings is 4. The maximum atomic E-state index is 5.81. The van der Waals surface area contributed by atoms with Crippen molar-refractivity contribution in [1.82, 2.24) is 0 Å². The smallest absolute Gasteiger partial charge is 0.0407 e. The zero-order valence-corrected chi connectivity index (χ0v) is 38.2. The van der Waals surface area contributed by atoms with Crippen LogP contribution in [0.1, 0.15) is 92.4 Å². The molecule has 312 valence electrons. The van der Waals surface area contributed by atoms with Gasteiger partial charge in [0.15, 0.2) is 0 Å². The van der Waals surface area contributed by atoms with Gasteiger partial charge in [0, 0.05) is 102 Å². The van der Waals surface area contributed by atoms with Gasteiger partial charge in [-0.2, -0.15) is 19.6 Å². The summed E-state index contributed by atoms with van der Waals surface area (Å²) < 4.78 is 0. The molecule has 0 N–H and O–H groups in total. The van der Waals surface area contributed by atoms with E-state index >= 15 is 0 Å². The Bertz CT molecular complexity index is 1870. The van der Waals surface area contributed by atoms with Gasteiger partial charge >= 0.3 is 0 Å². The zero-order valence-electron chi connectivity index (χ0n) is 34.9. The van der Waals surface area contributed by atoms with Crippen LogP contribution in [-0.4, -0.2) is 102 Å². The van der Waals surface area contributed by atoms with Gasteiger partial charge in [0.2, 0.25) is 0 Å². The highest BCUT2D eigenvalue weighted by Gasteiger charge is 2.02. The normalized spacial score (nSPS) is 15.3. The molecule has 4 aromatic rings. The number of rotatable bonds is 0. The van der Waals surface area contributed by atoms with Crippen LogP contribution in [0.3, 0.4) is 0 Å². The number of aryl methyl sites for hydroxylation is 4. The summed E-state index contributed by atoms with van der Waals surface area (Å²) in [7, 11) is 0. The molecule has 5 rings (SSSR count). The van der Waals surface area contributed by atoms with Crippen LogP contribution in [0.5, 0.6) is 0 Å². The minimum absolute atomic E-state index is 0.639. The van der Waals surface area contributed by atoms with Crippen molar-refractivity contribution in [3.05, 3.63) is 115 Å². The van der Waals surface area contributed by atoms with Crippen molar-refractivity contribution in [3.63, 3.8) is 0 Å². The van der Waals surface area contributed by atoms with E-state index in [1.807, 2.05) is 49.7 Å². The van der Waals surface area contributed by atoms with Crippen LogP contribution in [-0.2, 0) is 50.5 Å². The summed E-state index contributed by atoms with van der Waals surface area (Å²) in [6.07, 6.45) is 18.1. The maximum absolute atomic E-state index is 5.81. The van der Waals surface area contributed by atoms with Gasteiger partial charge in [0.1, 0.15) is 0 Å². The van der Waals surface area contributed by atoms with Gasteiger partial charge < -0.3 is 50.5 Å². The largest absolute Gasteiger partial charge is 0.778 e. The van der Waals surface area contributed by atoms with Gasteiger partial charge in [-0.1, -0.05) is 48.5 Å². The molecule has 0 amide bonds. The second kappa shape index (κ2) is 24.4. The Morgan fingerprint density at radius 1 is 0.267 bits per heavy atom. The van der Waals surface area contributed by atoms with E-state index in [4.69, 9.17) is 50.5 Å². The molecule has 0 fully saturated rings. The van der Waals surface area contributed by atoms with Gasteiger partial charge in [0.25, 0.3) is 0 Å². The van der Waals surface area contributed by atoms with Gasteiger partial charge in [-0.25, -0.2) is 0 Å². The highest BCUT2D eigenvalue weighted by atomic mass is 32.1. The van der Waals surface area contributed by atoms with Gasteiger partial charge in [0.05, 0.1) is 0 Å². The van der Waals surface area contributed by atoms with Crippen LogP contribution < -0.4 is 0 Å². The molecule has 1 heterocycles. The number of fused-ring (bicyclic) bond motifs is 8. The lowest BCUT2D eigenvalue weighted by atomic mass is 10.1. The van der Waals surface area contributed by atoms with Crippen molar-refractivity contribution < 1.29 is 0 Å². The number of hydrogen-bond acceptors (Lipinski definition) is 12. The Kier molecular flexibility index (Phi) is 18.8. The fourth-order valence-electron chi connectivity index (χ4n) is 6.40. The second-order valence-electron chi connectivity index (χ2n) is 14.8. The SMILES string of the molecule is Cc1cc2c([S-])c(c1)C=NCCCN=Cc1cc(C)cc(c1[S-])C=NCCCN=Cc1cc(C)cc(c1[S-])C=NCCCN=Cc1cc(C)cc(c1[S-])C=NCCCN=C2. The van der Waals surface area contributed by atoms with Crippen LogP contribution >= 0.6 is 0 Å². The van der Waals surface area contributed by atoms with E-state index in [-0.39, 0.29) is 0 Å². The van der Waals surface area contributed by atoms with Crippen LogP contribution in [0.15, 0.2) is 108 Å². The first-order valence-corrected chi connectivity index (χ1v) is 22.0. The molecule has 0 aliphatic carbocycles. The molecule has 0 saturated carbocycles. The number of aliphatic imine (C=N–C) groups is 8. The lowest BCUT2D eigenvalue weighted by molar-refractivity contribution is 0.849. The molecule has 12 heteroatoms. The minimum Gasteiger partial charge on any atom is -0.778 e. The first-order valence-electron chi connectivity index (χ1n) is 20.3. The Balaban J connectivity index is 1.29. The van der Waals surface area contributed by atoms with E-state index < -0.39 is 0 Å². The predicted molar refractivity (Wildman–Crippen MR) is 265 cm³/mol. The molecule has 1 aliphatic rings. The summed E-state index contributed by atoms with van der Waals surface area (Å²) in [6.45, 7) is 13.4. The van der Waals surface area contributed by atoms with Crippen molar-refractivity contribution in [2.24, 2.45) is 39.9 Å². The van der Waals surface area contributed by atoms with Crippen molar-refractivity contribution in [2.75, 3.05) is 52.4 Å². The first-order chi connectivity index (χ1) is 29.1. The van der Waals surface area contributed by atoms with Crippen LogP contribution in [0, 0.1) is 27.7 Å². The lowest BCUT2D eigenvalue weighted by Crippen LogP contribution is -1.99. The Morgan fingerprint density at radius 3 is 0.533 bits per heavy atom. The van der Waals surface area contributed by atoms with Crippen molar-refractivity contribution in [2.45, 2.75) is 73.0 Å². The second-order valence-corrected chi connectivity index (χ2v) is 16.4. The zero-order chi connectivity index (χ0) is 42.7. The molecule has 0 atom stereocenters. The van der Waals surface area contributed by atoms with E-state index in [1.54, 1.807) is 0 Å². The summed E-state index contributed by atoms with van der Waals surface area (Å²) in [5.41, 5.74) is 11.8. The summed E-state index contributed by atoms with van der Waals surface area (Å²) in [5.74, 6) is 0. The minimum atomic E-state index is 0.639. The molecule has 0 radical (unpaired) electrons. The standard InChI is InChI=1S/C48H56N8S4/c1-33-17-37-25-49-9-5-11-51-27-39-19-34(2)21-41(46(39)58)29-53-13-7-15-55-31-43-23-36(4)24-44(48(43)60)32-56-16-8-14-54-30-42-22-35(3)20-40(47(42)59)28-52-12-6-10-50-26-38(18-33)45(37)57/h17-32,57-60H,5-16H2,1-4H3/p-4. The van der Waals surface area contributed by atoms with Crippen molar-refractivity contribution >= 4 is 100 Å². The average molecular weight is 869 g/mol. The number of nitrogens with zero attached hydrogens (tertiary/aromatic N) is 8. The molecule has 0 aromatic heterocycles. The molecule has 1 aliphatic heterocycles. The monoisotopic (exact) mass is 868 g/mol. The molecular weight excluding hydrogens is 817 g/mol. The fraction of sp³-hybridized carbons (Fsp3) is 0.333. The molecule has 0 unspecified atom stereocenters. The molecule has 0 spiro atoms. The maximum Gasteiger partial charge on any atom is 0.0407 e. The Morgan fingerprint density at radius 2 is 0.400 bits per heavy atom. The highest BCUT2D eigenvalue weighted by Crippen LogP contribution is 2.18. The topological polar surface area (TPSA) is 98.9 Å². The lowest BCUT2D eigenvalue weighted by Gasteiger charge is -2.16. The molecule has 8 nitrogen and oxygen atoms in total. The predicted octanol–water partition coefficient (Wildman–Crippen LogP) is 8.57. The molecule has 0 saturated heterocycles. The Labute approximate surface area is 378 Å². The fourth-order valence-corrected chi connectivity index (χ4v) is 7.30. The summed E-state index contributed by atoms with van der Waals surface area (Å²) in [6, 6.07) is 16.5. The average Bonchev–Trinajstić information content (AvgIpc) is 3.21. The van der Waals surface area contributed by atoms with Crippen LogP contribution in [0.4, 0.5) is 0 Å². The third-order valence-corrected chi connectivity index (χ3v) is 11.2. The summed E-state index contributed by atoms with van der Waals surface area (Å²) >= 11 is 23.2. The molecular formula is C48H52N8S4-4. The van der Waals surface area contributed by atoms with E-state index in [2.05, 4.69) is 116 Å². The van der Waals surface area contributed by atoms with E-state index in [1.165, 1.54) is 0 Å². The summed E-state index contributed by atoms with van der Waals surface area (Å²) in [5, 5.41) is 0. The van der Waals surface area contributed by atoms with E-state index in [0.717, 1.165) is 112 Å². The van der Waals surface area contributed by atoms with Gasteiger partial charge in [-0.3, -0.25) is 39.9 Å². The number of hydrogen-bond donors (Lipinski definition) is 0. The van der Waals surface area contributed by atoms with Crippen LogP contribution in [0.25, 0.3) is 0 Å².